The van der Waals surface area contributed by atoms with Crippen LogP contribution in [0.4, 0.5) is 0 Å². The summed E-state index contributed by atoms with van der Waals surface area (Å²) in [6.07, 6.45) is 0.799. The maximum atomic E-state index is 5.55. The lowest BCUT2D eigenvalue weighted by molar-refractivity contribution is 0.288. The maximum Gasteiger partial charge on any atom is 0.0740 e. The van der Waals surface area contributed by atoms with Crippen molar-refractivity contribution in [1.29, 1.82) is 0 Å². The smallest absolute Gasteiger partial charge is 0.0740 e. The van der Waals surface area contributed by atoms with Gasteiger partial charge in [0.25, 0.3) is 0 Å². The average molecular weight is 264 g/mol. The average Bonchev–Trinajstić information content (AvgIpc) is 2.34. The lowest BCUT2D eigenvalue weighted by Crippen LogP contribution is -2.27. The SMILES string of the molecule is CCN(CCC(N)=S)Cc1ccc(C(C)C)cc1. The summed E-state index contributed by atoms with van der Waals surface area (Å²) in [7, 11) is 0. The first-order chi connectivity index (χ1) is 8.52. The Morgan fingerprint density at radius 1 is 1.28 bits per heavy atom. The van der Waals surface area contributed by atoms with Crippen molar-refractivity contribution in [3.63, 3.8) is 0 Å². The predicted octanol–water partition coefficient (Wildman–Crippen LogP) is 3.31. The Balaban J connectivity index is 2.56. The van der Waals surface area contributed by atoms with Crippen molar-refractivity contribution in [2.75, 3.05) is 13.1 Å². The molecule has 0 spiro atoms. The fourth-order valence-electron chi connectivity index (χ4n) is 1.88. The molecule has 1 aromatic rings. The summed E-state index contributed by atoms with van der Waals surface area (Å²) in [4.78, 5) is 2.97. The summed E-state index contributed by atoms with van der Waals surface area (Å²) in [6.45, 7) is 9.54. The molecule has 0 fully saturated rings. The van der Waals surface area contributed by atoms with Gasteiger partial charge >= 0.3 is 0 Å². The van der Waals surface area contributed by atoms with Gasteiger partial charge in [0.1, 0.15) is 0 Å². The van der Waals surface area contributed by atoms with Crippen molar-refractivity contribution in [3.05, 3.63) is 35.4 Å². The summed E-state index contributed by atoms with van der Waals surface area (Å²) in [5, 5.41) is 0. The van der Waals surface area contributed by atoms with Crippen LogP contribution in [0.5, 0.6) is 0 Å². The standard InChI is InChI=1S/C15H24N2S/c1-4-17(10-9-15(16)18)11-13-5-7-14(8-6-13)12(2)3/h5-8,12H,4,9-11H2,1-3H3,(H2,16,18). The van der Waals surface area contributed by atoms with Gasteiger partial charge in [0.15, 0.2) is 0 Å². The van der Waals surface area contributed by atoms with Crippen LogP contribution in [0.2, 0.25) is 0 Å². The molecule has 0 saturated heterocycles. The van der Waals surface area contributed by atoms with Crippen molar-refractivity contribution in [1.82, 2.24) is 4.90 Å². The molecule has 0 bridgehead atoms. The summed E-state index contributed by atoms with van der Waals surface area (Å²) in [5.74, 6) is 0.593. The van der Waals surface area contributed by atoms with Crippen LogP contribution < -0.4 is 5.73 Å². The van der Waals surface area contributed by atoms with Gasteiger partial charge in [-0.3, -0.25) is 4.90 Å². The number of nitrogens with two attached hydrogens (primary N) is 1. The normalized spacial score (nSPS) is 11.2. The highest BCUT2D eigenvalue weighted by atomic mass is 32.1. The second-order valence-corrected chi connectivity index (χ2v) is 5.51. The van der Waals surface area contributed by atoms with E-state index in [1.165, 1.54) is 11.1 Å². The van der Waals surface area contributed by atoms with Gasteiger partial charge < -0.3 is 5.73 Å². The minimum absolute atomic E-state index is 0.593. The maximum absolute atomic E-state index is 5.55. The molecule has 0 saturated carbocycles. The fraction of sp³-hybridized carbons (Fsp3) is 0.533. The molecule has 0 aliphatic rings. The van der Waals surface area contributed by atoms with Gasteiger partial charge in [0.2, 0.25) is 0 Å². The molecular formula is C15H24N2S. The third kappa shape index (κ3) is 5.15. The lowest BCUT2D eigenvalue weighted by Gasteiger charge is -2.20. The van der Waals surface area contributed by atoms with Gasteiger partial charge in [-0.15, -0.1) is 0 Å². The molecule has 0 atom stereocenters. The molecule has 2 N–H and O–H groups in total. The number of hydrogen-bond acceptors (Lipinski definition) is 2. The first-order valence-electron chi connectivity index (χ1n) is 6.62. The molecule has 2 nitrogen and oxygen atoms in total. The molecule has 0 aromatic heterocycles. The van der Waals surface area contributed by atoms with E-state index in [2.05, 4.69) is 49.9 Å². The predicted molar refractivity (Wildman–Crippen MR) is 82.9 cm³/mol. The Hall–Kier alpha value is -0.930. The van der Waals surface area contributed by atoms with Crippen LogP contribution >= 0.6 is 12.2 Å². The highest BCUT2D eigenvalue weighted by Gasteiger charge is 2.05. The molecule has 0 heterocycles. The van der Waals surface area contributed by atoms with Gasteiger partial charge in [-0.05, 0) is 23.6 Å². The van der Waals surface area contributed by atoms with E-state index in [4.69, 9.17) is 18.0 Å². The second kappa shape index (κ2) is 7.49. The highest BCUT2D eigenvalue weighted by molar-refractivity contribution is 7.80. The quantitative estimate of drug-likeness (QED) is 0.766. The Bertz CT molecular complexity index is 371. The Labute approximate surface area is 116 Å². The summed E-state index contributed by atoms with van der Waals surface area (Å²) in [5.41, 5.74) is 8.29. The van der Waals surface area contributed by atoms with E-state index < -0.39 is 0 Å². The molecule has 100 valence electrons. The Morgan fingerprint density at radius 2 is 1.89 bits per heavy atom. The zero-order valence-electron chi connectivity index (χ0n) is 11.6. The molecule has 3 heteroatoms. The number of rotatable bonds is 7. The molecule has 1 aromatic carbocycles. The van der Waals surface area contributed by atoms with Crippen LogP contribution in [-0.4, -0.2) is 23.0 Å². The first kappa shape index (κ1) is 15.1. The monoisotopic (exact) mass is 264 g/mol. The molecule has 0 aliphatic heterocycles. The van der Waals surface area contributed by atoms with E-state index >= 15 is 0 Å². The van der Waals surface area contributed by atoms with Crippen LogP contribution in [0, 0.1) is 0 Å². The van der Waals surface area contributed by atoms with Crippen molar-refractivity contribution < 1.29 is 0 Å². The summed E-state index contributed by atoms with van der Waals surface area (Å²) < 4.78 is 0. The molecule has 18 heavy (non-hydrogen) atoms. The number of thiocarbonyl (C=S) groups is 1. The topological polar surface area (TPSA) is 29.3 Å². The molecule has 0 aliphatic carbocycles. The number of benzene rings is 1. The van der Waals surface area contributed by atoms with E-state index in [1.807, 2.05) is 0 Å². The lowest BCUT2D eigenvalue weighted by atomic mass is 10.0. The van der Waals surface area contributed by atoms with Crippen LogP contribution in [0.15, 0.2) is 24.3 Å². The molecular weight excluding hydrogens is 240 g/mol. The van der Waals surface area contributed by atoms with Gasteiger partial charge in [-0.25, -0.2) is 0 Å². The molecule has 1 rings (SSSR count). The van der Waals surface area contributed by atoms with E-state index in [0.29, 0.717) is 10.9 Å². The Morgan fingerprint density at radius 3 is 2.33 bits per heavy atom. The van der Waals surface area contributed by atoms with E-state index in [-0.39, 0.29) is 0 Å². The Kier molecular flexibility index (Phi) is 6.30. The number of hydrogen-bond donors (Lipinski definition) is 1. The fourth-order valence-corrected chi connectivity index (χ4v) is 1.97. The van der Waals surface area contributed by atoms with Crippen molar-refractivity contribution >= 4 is 17.2 Å². The van der Waals surface area contributed by atoms with Crippen molar-refractivity contribution in [2.45, 2.75) is 39.7 Å². The van der Waals surface area contributed by atoms with Gasteiger partial charge in [-0.2, -0.15) is 0 Å². The third-order valence-electron chi connectivity index (χ3n) is 3.17. The third-order valence-corrected chi connectivity index (χ3v) is 3.38. The van der Waals surface area contributed by atoms with Gasteiger partial charge in [-0.1, -0.05) is 57.3 Å². The minimum Gasteiger partial charge on any atom is -0.393 e. The van der Waals surface area contributed by atoms with E-state index in [1.54, 1.807) is 0 Å². The van der Waals surface area contributed by atoms with Crippen LogP contribution in [0.1, 0.15) is 44.2 Å². The largest absolute Gasteiger partial charge is 0.393 e. The van der Waals surface area contributed by atoms with Gasteiger partial charge in [0.05, 0.1) is 4.99 Å². The second-order valence-electron chi connectivity index (χ2n) is 4.98. The zero-order valence-corrected chi connectivity index (χ0v) is 12.5. The van der Waals surface area contributed by atoms with E-state index in [0.717, 1.165) is 26.1 Å². The van der Waals surface area contributed by atoms with Crippen molar-refractivity contribution in [3.8, 4) is 0 Å². The van der Waals surface area contributed by atoms with Crippen LogP contribution in [0.25, 0.3) is 0 Å². The van der Waals surface area contributed by atoms with Crippen LogP contribution in [-0.2, 0) is 6.54 Å². The number of nitrogens with zero attached hydrogens (tertiary/aromatic N) is 1. The van der Waals surface area contributed by atoms with Gasteiger partial charge in [0, 0.05) is 19.5 Å². The van der Waals surface area contributed by atoms with Crippen molar-refractivity contribution in [2.24, 2.45) is 5.73 Å². The minimum atomic E-state index is 0.593. The zero-order chi connectivity index (χ0) is 13.5. The molecule has 0 amide bonds. The van der Waals surface area contributed by atoms with Crippen LogP contribution in [0.3, 0.4) is 0 Å². The summed E-state index contributed by atoms with van der Waals surface area (Å²) >= 11 is 4.92. The molecule has 0 radical (unpaired) electrons. The highest BCUT2D eigenvalue weighted by Crippen LogP contribution is 2.15. The molecule has 0 unspecified atom stereocenters. The van der Waals surface area contributed by atoms with E-state index in [9.17, 15) is 0 Å². The summed E-state index contributed by atoms with van der Waals surface area (Å²) in [6, 6.07) is 8.89. The first-order valence-corrected chi connectivity index (χ1v) is 7.03.